The molecular formula is C17H23F3N4. The highest BCUT2D eigenvalue weighted by atomic mass is 19.4. The molecule has 1 fully saturated rings. The molecule has 0 N–H and O–H groups in total. The van der Waals surface area contributed by atoms with Crippen LogP contribution in [0.25, 0.3) is 0 Å². The Balaban J connectivity index is 2.07. The van der Waals surface area contributed by atoms with Crippen LogP contribution >= 0.6 is 0 Å². The minimum Gasteiger partial charge on any atom is -0.343 e. The van der Waals surface area contributed by atoms with Crippen molar-refractivity contribution in [3.8, 4) is 0 Å². The second-order valence-electron chi connectivity index (χ2n) is 7.06. The number of fused-ring (bicyclic) bond motifs is 3. The summed E-state index contributed by atoms with van der Waals surface area (Å²) in [4.78, 5) is 10.4. The van der Waals surface area contributed by atoms with Crippen molar-refractivity contribution in [3.05, 3.63) is 30.1 Å². The Morgan fingerprint density at radius 2 is 1.96 bits per heavy atom. The summed E-state index contributed by atoms with van der Waals surface area (Å²) in [6.45, 7) is 12.9. The number of aromatic nitrogens is 1. The maximum Gasteiger partial charge on any atom is 0.417 e. The molecule has 1 atom stereocenters. The van der Waals surface area contributed by atoms with Crippen molar-refractivity contribution in [2.75, 3.05) is 36.5 Å². The van der Waals surface area contributed by atoms with Crippen LogP contribution in [0.5, 0.6) is 0 Å². The minimum absolute atomic E-state index is 0.378. The summed E-state index contributed by atoms with van der Waals surface area (Å²) in [5.41, 5.74) is 0.147. The van der Waals surface area contributed by atoms with Crippen LogP contribution in [0.1, 0.15) is 26.3 Å². The Kier molecular flexibility index (Phi) is 3.82. The van der Waals surface area contributed by atoms with E-state index in [0.717, 1.165) is 25.0 Å². The Morgan fingerprint density at radius 1 is 1.29 bits per heavy atom. The van der Waals surface area contributed by atoms with Gasteiger partial charge in [0.25, 0.3) is 0 Å². The van der Waals surface area contributed by atoms with Crippen molar-refractivity contribution in [1.82, 2.24) is 9.88 Å². The number of rotatable bonds is 1. The van der Waals surface area contributed by atoms with Crippen molar-refractivity contribution in [2.24, 2.45) is 0 Å². The summed E-state index contributed by atoms with van der Waals surface area (Å²) < 4.78 is 39.1. The van der Waals surface area contributed by atoms with Gasteiger partial charge >= 0.3 is 6.18 Å². The normalized spacial score (nSPS) is 25.1. The molecule has 24 heavy (non-hydrogen) atoms. The highest BCUT2D eigenvalue weighted by Gasteiger charge is 2.47. The zero-order valence-electron chi connectivity index (χ0n) is 14.5. The van der Waals surface area contributed by atoms with Crippen molar-refractivity contribution >= 4 is 11.5 Å². The zero-order valence-corrected chi connectivity index (χ0v) is 14.5. The van der Waals surface area contributed by atoms with Crippen LogP contribution in [0.2, 0.25) is 0 Å². The summed E-state index contributed by atoms with van der Waals surface area (Å²) in [7, 11) is 1.76. The van der Waals surface area contributed by atoms with Gasteiger partial charge in [0.15, 0.2) is 5.82 Å². The third-order valence-corrected chi connectivity index (χ3v) is 5.27. The first-order chi connectivity index (χ1) is 11.1. The van der Waals surface area contributed by atoms with Crippen LogP contribution < -0.4 is 9.80 Å². The highest BCUT2D eigenvalue weighted by Crippen LogP contribution is 2.46. The Bertz CT molecular complexity index is 670. The number of hydrogen-bond acceptors (Lipinski definition) is 4. The number of pyridine rings is 1. The Labute approximate surface area is 140 Å². The standard InChI is InChI=1S/C17H23F3N4/c1-11(2)23-6-7-24-15-14(8-13(9-21-15)17(18,19)20)22(5)12(3)16(24,4)10-23/h8-9,11H,3,6-7,10H2,1-2,4-5H3/t16-/m1/s1. The monoisotopic (exact) mass is 340 g/mol. The number of anilines is 2. The van der Waals surface area contributed by atoms with E-state index in [9.17, 15) is 13.2 Å². The van der Waals surface area contributed by atoms with Gasteiger partial charge in [0.05, 0.1) is 16.8 Å². The molecule has 0 spiro atoms. The van der Waals surface area contributed by atoms with E-state index in [2.05, 4.69) is 42.1 Å². The molecule has 0 radical (unpaired) electrons. The molecule has 7 heteroatoms. The summed E-state index contributed by atoms with van der Waals surface area (Å²) in [6.07, 6.45) is -3.47. The molecule has 2 aliphatic heterocycles. The molecule has 1 aromatic rings. The summed E-state index contributed by atoms with van der Waals surface area (Å²) in [5.74, 6) is 0.601. The van der Waals surface area contributed by atoms with Crippen LogP contribution in [-0.2, 0) is 6.18 Å². The molecule has 132 valence electrons. The zero-order chi connectivity index (χ0) is 17.9. The van der Waals surface area contributed by atoms with Crippen molar-refractivity contribution in [1.29, 1.82) is 0 Å². The molecule has 0 aliphatic carbocycles. The third kappa shape index (κ3) is 2.46. The number of piperazine rings is 1. The van der Waals surface area contributed by atoms with Crippen LogP contribution in [-0.4, -0.2) is 48.1 Å². The predicted molar refractivity (Wildman–Crippen MR) is 89.2 cm³/mol. The smallest absolute Gasteiger partial charge is 0.343 e. The van der Waals surface area contributed by atoms with E-state index >= 15 is 0 Å². The van der Waals surface area contributed by atoms with Gasteiger partial charge in [-0.15, -0.1) is 0 Å². The second-order valence-corrected chi connectivity index (χ2v) is 7.06. The lowest BCUT2D eigenvalue weighted by atomic mass is 9.88. The molecule has 0 amide bonds. The largest absolute Gasteiger partial charge is 0.417 e. The lowest BCUT2D eigenvalue weighted by Gasteiger charge is -2.56. The number of hydrogen-bond donors (Lipinski definition) is 0. The molecule has 1 aromatic heterocycles. The van der Waals surface area contributed by atoms with E-state index in [0.29, 0.717) is 24.1 Å². The first kappa shape index (κ1) is 17.1. The Hall–Kier alpha value is -1.76. The summed E-state index contributed by atoms with van der Waals surface area (Å²) in [6, 6.07) is 1.58. The van der Waals surface area contributed by atoms with E-state index in [1.807, 2.05) is 0 Å². The van der Waals surface area contributed by atoms with E-state index < -0.39 is 11.7 Å². The van der Waals surface area contributed by atoms with Crippen molar-refractivity contribution in [3.63, 3.8) is 0 Å². The average molecular weight is 340 g/mol. The van der Waals surface area contributed by atoms with E-state index in [4.69, 9.17) is 0 Å². The fourth-order valence-electron chi connectivity index (χ4n) is 3.62. The second kappa shape index (κ2) is 5.37. The number of halogens is 3. The van der Waals surface area contributed by atoms with Gasteiger partial charge in [0, 0.05) is 44.6 Å². The molecule has 2 aliphatic rings. The predicted octanol–water partition coefficient (Wildman–Crippen LogP) is 3.35. The topological polar surface area (TPSA) is 22.6 Å². The first-order valence-corrected chi connectivity index (χ1v) is 8.08. The van der Waals surface area contributed by atoms with Crippen LogP contribution in [0.15, 0.2) is 24.5 Å². The van der Waals surface area contributed by atoms with Crippen molar-refractivity contribution in [2.45, 2.75) is 38.5 Å². The summed E-state index contributed by atoms with van der Waals surface area (Å²) >= 11 is 0. The Morgan fingerprint density at radius 3 is 2.54 bits per heavy atom. The molecule has 4 nitrogen and oxygen atoms in total. The number of alkyl halides is 3. The van der Waals surface area contributed by atoms with Gasteiger partial charge in [-0.2, -0.15) is 13.2 Å². The molecule has 3 rings (SSSR count). The molecule has 0 aromatic carbocycles. The maximum atomic E-state index is 13.0. The van der Waals surface area contributed by atoms with Gasteiger partial charge in [0.1, 0.15) is 0 Å². The van der Waals surface area contributed by atoms with Gasteiger partial charge in [-0.05, 0) is 26.8 Å². The maximum absolute atomic E-state index is 13.0. The molecule has 0 bridgehead atoms. The minimum atomic E-state index is -4.40. The van der Waals surface area contributed by atoms with Crippen LogP contribution in [0, 0.1) is 0 Å². The fraction of sp³-hybridized carbons (Fsp3) is 0.588. The lowest BCUT2D eigenvalue weighted by molar-refractivity contribution is -0.137. The van der Waals surface area contributed by atoms with E-state index in [1.54, 1.807) is 11.9 Å². The molecule has 0 saturated carbocycles. The quantitative estimate of drug-likeness (QED) is 0.782. The lowest BCUT2D eigenvalue weighted by Crippen LogP contribution is -2.66. The van der Waals surface area contributed by atoms with Gasteiger partial charge in [-0.1, -0.05) is 6.58 Å². The number of likely N-dealkylation sites (N-methyl/N-ethyl adjacent to an activating group) is 1. The van der Waals surface area contributed by atoms with Gasteiger partial charge in [-0.25, -0.2) is 4.98 Å². The fourth-order valence-corrected chi connectivity index (χ4v) is 3.62. The molecule has 1 saturated heterocycles. The van der Waals surface area contributed by atoms with Gasteiger partial charge in [0.2, 0.25) is 0 Å². The first-order valence-electron chi connectivity index (χ1n) is 8.08. The SMILES string of the molecule is C=C1N(C)c2cc(C(F)(F)F)cnc2N2CCN(C(C)C)C[C@]12C. The highest BCUT2D eigenvalue weighted by molar-refractivity contribution is 5.76. The average Bonchev–Trinajstić information content (AvgIpc) is 2.51. The molecule has 0 unspecified atom stereocenters. The molecular weight excluding hydrogens is 317 g/mol. The third-order valence-electron chi connectivity index (χ3n) is 5.27. The van der Waals surface area contributed by atoms with E-state index in [-0.39, 0.29) is 5.54 Å². The summed E-state index contributed by atoms with van der Waals surface area (Å²) in [5, 5.41) is 0. The number of nitrogens with zero attached hydrogens (tertiary/aromatic N) is 4. The van der Waals surface area contributed by atoms with Crippen LogP contribution in [0.3, 0.4) is 0 Å². The van der Waals surface area contributed by atoms with Gasteiger partial charge < -0.3 is 9.80 Å². The van der Waals surface area contributed by atoms with Gasteiger partial charge in [-0.3, -0.25) is 4.90 Å². The van der Waals surface area contributed by atoms with E-state index in [1.165, 1.54) is 6.07 Å². The molecule has 3 heterocycles. The van der Waals surface area contributed by atoms with Crippen molar-refractivity contribution < 1.29 is 13.2 Å². The van der Waals surface area contributed by atoms with Crippen LogP contribution in [0.4, 0.5) is 24.7 Å².